The highest BCUT2D eigenvalue weighted by Gasteiger charge is 2.06. The van der Waals surface area contributed by atoms with E-state index in [0.29, 0.717) is 29.5 Å². The van der Waals surface area contributed by atoms with Crippen molar-refractivity contribution in [3.8, 4) is 17.2 Å². The minimum Gasteiger partial charge on any atom is -0.495 e. The Bertz CT molecular complexity index is 755. The molecule has 0 saturated heterocycles. The number of hydrogen-bond donors (Lipinski definition) is 1. The Labute approximate surface area is 154 Å². The first-order chi connectivity index (χ1) is 12.7. The topological polar surface area (TPSA) is 56.8 Å². The number of carbonyl (C=O) groups excluding carboxylic acids is 1. The van der Waals surface area contributed by atoms with Gasteiger partial charge >= 0.3 is 0 Å². The molecule has 0 spiro atoms. The normalized spacial score (nSPS) is 10.6. The highest BCUT2D eigenvalue weighted by Crippen LogP contribution is 2.29. The van der Waals surface area contributed by atoms with Gasteiger partial charge < -0.3 is 19.5 Å². The molecule has 26 heavy (non-hydrogen) atoms. The van der Waals surface area contributed by atoms with Gasteiger partial charge in [0.15, 0.2) is 11.5 Å². The fourth-order valence-electron chi connectivity index (χ4n) is 2.33. The maximum absolute atomic E-state index is 12.1. The molecule has 0 aliphatic carbocycles. The van der Waals surface area contributed by atoms with Gasteiger partial charge in [-0.2, -0.15) is 0 Å². The number of ether oxygens (including phenoxy) is 3. The van der Waals surface area contributed by atoms with Crippen molar-refractivity contribution in [1.29, 1.82) is 0 Å². The number of methoxy groups -OCH3 is 2. The average molecular weight is 355 g/mol. The lowest BCUT2D eigenvalue weighted by Crippen LogP contribution is -2.08. The number of para-hydroxylation sites is 2. The molecule has 0 fully saturated rings. The molecule has 2 aromatic carbocycles. The second-order valence-electron chi connectivity index (χ2n) is 5.64. The van der Waals surface area contributed by atoms with Crippen molar-refractivity contribution in [2.45, 2.75) is 19.8 Å². The standard InChI is InChI=1S/C21H25NO4/c1-4-5-14-26-19-12-10-16(15-20(19)25-3)11-13-21(23)22-17-8-6-7-9-18(17)24-2/h6-13,15H,4-5,14H2,1-3H3,(H,22,23)/b13-11+. The number of nitrogens with one attached hydrogen (secondary N) is 1. The lowest BCUT2D eigenvalue weighted by Gasteiger charge is -2.11. The van der Waals surface area contributed by atoms with E-state index >= 15 is 0 Å². The van der Waals surface area contributed by atoms with Gasteiger partial charge in [-0.3, -0.25) is 4.79 Å². The summed E-state index contributed by atoms with van der Waals surface area (Å²) in [7, 11) is 3.17. The van der Waals surface area contributed by atoms with E-state index in [1.165, 1.54) is 6.08 Å². The van der Waals surface area contributed by atoms with Gasteiger partial charge in [-0.15, -0.1) is 0 Å². The summed E-state index contributed by atoms with van der Waals surface area (Å²) in [6.07, 6.45) is 5.26. The Morgan fingerprint density at radius 2 is 1.81 bits per heavy atom. The van der Waals surface area contributed by atoms with Crippen molar-refractivity contribution < 1.29 is 19.0 Å². The number of carbonyl (C=O) groups is 1. The van der Waals surface area contributed by atoms with Crippen LogP contribution in [-0.4, -0.2) is 26.7 Å². The summed E-state index contributed by atoms with van der Waals surface area (Å²) < 4.78 is 16.3. The molecule has 1 amide bonds. The molecule has 0 aliphatic heterocycles. The molecule has 0 aliphatic rings. The quantitative estimate of drug-likeness (QED) is 0.530. The van der Waals surface area contributed by atoms with Crippen LogP contribution in [-0.2, 0) is 4.79 Å². The summed E-state index contributed by atoms with van der Waals surface area (Å²) in [5.74, 6) is 1.73. The number of hydrogen-bond acceptors (Lipinski definition) is 4. The van der Waals surface area contributed by atoms with Gasteiger partial charge in [-0.05, 0) is 42.3 Å². The molecule has 0 atom stereocenters. The van der Waals surface area contributed by atoms with Crippen LogP contribution in [0.1, 0.15) is 25.3 Å². The molecular formula is C21H25NO4. The second kappa shape index (κ2) is 10.1. The largest absolute Gasteiger partial charge is 0.495 e. The molecule has 2 rings (SSSR count). The highest BCUT2D eigenvalue weighted by atomic mass is 16.5. The van der Waals surface area contributed by atoms with Crippen molar-refractivity contribution in [1.82, 2.24) is 0 Å². The predicted octanol–water partition coefficient (Wildman–Crippen LogP) is 4.53. The first-order valence-corrected chi connectivity index (χ1v) is 8.60. The van der Waals surface area contributed by atoms with Gasteiger partial charge in [0.1, 0.15) is 5.75 Å². The Morgan fingerprint density at radius 1 is 1.04 bits per heavy atom. The van der Waals surface area contributed by atoms with Crippen molar-refractivity contribution in [2.75, 3.05) is 26.1 Å². The van der Waals surface area contributed by atoms with E-state index < -0.39 is 0 Å². The number of anilines is 1. The van der Waals surface area contributed by atoms with E-state index in [9.17, 15) is 4.79 Å². The fraction of sp³-hybridized carbons (Fsp3) is 0.286. The van der Waals surface area contributed by atoms with E-state index in [-0.39, 0.29) is 5.91 Å². The first kappa shape index (κ1) is 19.4. The Morgan fingerprint density at radius 3 is 2.54 bits per heavy atom. The van der Waals surface area contributed by atoms with Gasteiger partial charge in [0, 0.05) is 6.08 Å². The molecule has 0 heterocycles. The smallest absolute Gasteiger partial charge is 0.248 e. The van der Waals surface area contributed by atoms with E-state index in [1.807, 2.05) is 30.3 Å². The molecule has 5 heteroatoms. The van der Waals surface area contributed by atoms with Crippen LogP contribution in [0.5, 0.6) is 17.2 Å². The summed E-state index contributed by atoms with van der Waals surface area (Å²) >= 11 is 0. The van der Waals surface area contributed by atoms with Gasteiger partial charge in [-0.25, -0.2) is 0 Å². The van der Waals surface area contributed by atoms with E-state index in [4.69, 9.17) is 14.2 Å². The third kappa shape index (κ3) is 5.55. The molecular weight excluding hydrogens is 330 g/mol. The van der Waals surface area contributed by atoms with Crippen molar-refractivity contribution in [3.63, 3.8) is 0 Å². The molecule has 2 aromatic rings. The lowest BCUT2D eigenvalue weighted by molar-refractivity contribution is -0.111. The Kier molecular flexibility index (Phi) is 7.55. The molecule has 138 valence electrons. The van der Waals surface area contributed by atoms with Crippen LogP contribution < -0.4 is 19.5 Å². The third-order valence-electron chi connectivity index (χ3n) is 3.74. The van der Waals surface area contributed by atoms with Crippen LogP contribution in [0, 0.1) is 0 Å². The molecule has 0 bridgehead atoms. The van der Waals surface area contributed by atoms with Crippen LogP contribution >= 0.6 is 0 Å². The Balaban J connectivity index is 2.03. The van der Waals surface area contributed by atoms with Crippen LogP contribution in [0.4, 0.5) is 5.69 Å². The van der Waals surface area contributed by atoms with E-state index in [2.05, 4.69) is 12.2 Å². The highest BCUT2D eigenvalue weighted by molar-refractivity contribution is 6.02. The van der Waals surface area contributed by atoms with Gasteiger partial charge in [0.2, 0.25) is 5.91 Å². The number of rotatable bonds is 9. The number of unbranched alkanes of at least 4 members (excludes halogenated alkanes) is 1. The van der Waals surface area contributed by atoms with Crippen molar-refractivity contribution in [2.24, 2.45) is 0 Å². The second-order valence-corrected chi connectivity index (χ2v) is 5.64. The minimum atomic E-state index is -0.239. The zero-order valence-corrected chi connectivity index (χ0v) is 15.5. The first-order valence-electron chi connectivity index (χ1n) is 8.60. The van der Waals surface area contributed by atoms with E-state index in [1.54, 1.807) is 32.4 Å². The zero-order valence-electron chi connectivity index (χ0n) is 15.5. The summed E-state index contributed by atoms with van der Waals surface area (Å²) in [6.45, 7) is 2.77. The summed E-state index contributed by atoms with van der Waals surface area (Å²) in [4.78, 5) is 12.1. The fourth-order valence-corrected chi connectivity index (χ4v) is 2.33. The minimum absolute atomic E-state index is 0.239. The summed E-state index contributed by atoms with van der Waals surface area (Å²) in [5, 5.41) is 2.80. The summed E-state index contributed by atoms with van der Waals surface area (Å²) in [5.41, 5.74) is 1.47. The number of amides is 1. The van der Waals surface area contributed by atoms with Gasteiger partial charge in [0.25, 0.3) is 0 Å². The van der Waals surface area contributed by atoms with Gasteiger partial charge in [-0.1, -0.05) is 31.5 Å². The average Bonchev–Trinajstić information content (AvgIpc) is 2.67. The third-order valence-corrected chi connectivity index (χ3v) is 3.74. The maximum atomic E-state index is 12.1. The molecule has 5 nitrogen and oxygen atoms in total. The van der Waals surface area contributed by atoms with Crippen LogP contribution in [0.2, 0.25) is 0 Å². The van der Waals surface area contributed by atoms with Crippen molar-refractivity contribution in [3.05, 3.63) is 54.1 Å². The van der Waals surface area contributed by atoms with Crippen LogP contribution in [0.25, 0.3) is 6.08 Å². The SMILES string of the molecule is CCCCOc1ccc(/C=C/C(=O)Nc2ccccc2OC)cc1OC. The zero-order chi connectivity index (χ0) is 18.8. The molecule has 0 saturated carbocycles. The summed E-state index contributed by atoms with van der Waals surface area (Å²) in [6, 6.07) is 12.8. The Hall–Kier alpha value is -2.95. The van der Waals surface area contributed by atoms with Gasteiger partial charge in [0.05, 0.1) is 26.5 Å². The van der Waals surface area contributed by atoms with Crippen molar-refractivity contribution >= 4 is 17.7 Å². The van der Waals surface area contributed by atoms with Crippen LogP contribution in [0.15, 0.2) is 48.5 Å². The monoisotopic (exact) mass is 355 g/mol. The molecule has 0 unspecified atom stereocenters. The number of benzene rings is 2. The predicted molar refractivity (Wildman–Crippen MR) is 104 cm³/mol. The van der Waals surface area contributed by atoms with Crippen LogP contribution in [0.3, 0.4) is 0 Å². The molecule has 1 N–H and O–H groups in total. The maximum Gasteiger partial charge on any atom is 0.248 e. The molecule has 0 radical (unpaired) electrons. The molecule has 0 aromatic heterocycles. The van der Waals surface area contributed by atoms with E-state index in [0.717, 1.165) is 18.4 Å². The lowest BCUT2D eigenvalue weighted by atomic mass is 10.2.